The van der Waals surface area contributed by atoms with E-state index in [0.717, 1.165) is 12.3 Å². The van der Waals surface area contributed by atoms with Crippen LogP contribution in [0, 0.1) is 0 Å². The van der Waals surface area contributed by atoms with Crippen molar-refractivity contribution in [2.45, 2.75) is 25.3 Å². The summed E-state index contributed by atoms with van der Waals surface area (Å²) in [6.07, 6.45) is 6.36. The largest absolute Gasteiger partial charge is 0.497 e. The molecule has 0 N–H and O–H groups in total. The van der Waals surface area contributed by atoms with Gasteiger partial charge in [0.05, 0.1) is 13.4 Å². The fraction of sp³-hybridized carbons (Fsp3) is 0.357. The van der Waals surface area contributed by atoms with Crippen molar-refractivity contribution in [3.05, 3.63) is 48.0 Å². The summed E-state index contributed by atoms with van der Waals surface area (Å²) in [6.45, 7) is 1.10. The van der Waals surface area contributed by atoms with E-state index in [1.165, 1.54) is 24.1 Å². The highest BCUT2D eigenvalue weighted by atomic mass is 16.5. The van der Waals surface area contributed by atoms with Crippen molar-refractivity contribution in [3.8, 4) is 5.75 Å². The average molecular weight is 228 g/mol. The van der Waals surface area contributed by atoms with Crippen LogP contribution < -0.4 is 4.74 Å². The molecule has 3 nitrogen and oxygen atoms in total. The monoisotopic (exact) mass is 228 g/mol. The second-order valence-electron chi connectivity index (χ2n) is 4.48. The number of rotatable bonds is 2. The van der Waals surface area contributed by atoms with E-state index < -0.39 is 0 Å². The van der Waals surface area contributed by atoms with E-state index in [2.05, 4.69) is 21.7 Å². The molecule has 0 saturated carbocycles. The van der Waals surface area contributed by atoms with Crippen molar-refractivity contribution >= 4 is 0 Å². The SMILES string of the molecule is COc1ccc(C2CCCn3cncc32)cc1. The maximum Gasteiger partial charge on any atom is 0.118 e. The van der Waals surface area contributed by atoms with Gasteiger partial charge in [0.1, 0.15) is 5.75 Å². The molecule has 1 unspecified atom stereocenters. The molecular formula is C14H16N2O. The molecule has 0 spiro atoms. The number of aryl methyl sites for hydroxylation is 1. The molecule has 0 amide bonds. The molecule has 2 aromatic rings. The van der Waals surface area contributed by atoms with Gasteiger partial charge in [-0.1, -0.05) is 12.1 Å². The minimum absolute atomic E-state index is 0.483. The van der Waals surface area contributed by atoms with Gasteiger partial charge in [0, 0.05) is 24.4 Å². The van der Waals surface area contributed by atoms with Gasteiger partial charge in [0.25, 0.3) is 0 Å². The Morgan fingerprint density at radius 1 is 1.29 bits per heavy atom. The lowest BCUT2D eigenvalue weighted by Crippen LogP contribution is -2.15. The third-order valence-electron chi connectivity index (χ3n) is 3.51. The number of ether oxygens (including phenoxy) is 1. The van der Waals surface area contributed by atoms with Crippen molar-refractivity contribution in [1.29, 1.82) is 0 Å². The zero-order valence-corrected chi connectivity index (χ0v) is 9.97. The second-order valence-corrected chi connectivity index (χ2v) is 4.48. The lowest BCUT2D eigenvalue weighted by Gasteiger charge is -2.24. The van der Waals surface area contributed by atoms with Crippen LogP contribution in [0.3, 0.4) is 0 Å². The summed E-state index contributed by atoms with van der Waals surface area (Å²) >= 11 is 0. The highest BCUT2D eigenvalue weighted by Gasteiger charge is 2.21. The van der Waals surface area contributed by atoms with E-state index in [1.54, 1.807) is 7.11 Å². The summed E-state index contributed by atoms with van der Waals surface area (Å²) in [5.41, 5.74) is 2.69. The van der Waals surface area contributed by atoms with E-state index in [9.17, 15) is 0 Å². The van der Waals surface area contributed by atoms with Crippen LogP contribution in [0.25, 0.3) is 0 Å². The summed E-state index contributed by atoms with van der Waals surface area (Å²) in [4.78, 5) is 4.25. The van der Waals surface area contributed by atoms with Crippen molar-refractivity contribution in [2.24, 2.45) is 0 Å². The van der Waals surface area contributed by atoms with Crippen LogP contribution in [0.5, 0.6) is 5.75 Å². The van der Waals surface area contributed by atoms with E-state index in [-0.39, 0.29) is 0 Å². The van der Waals surface area contributed by atoms with Gasteiger partial charge in [-0.15, -0.1) is 0 Å². The third-order valence-corrected chi connectivity index (χ3v) is 3.51. The number of hydrogen-bond acceptors (Lipinski definition) is 2. The van der Waals surface area contributed by atoms with E-state index in [0.29, 0.717) is 5.92 Å². The smallest absolute Gasteiger partial charge is 0.118 e. The molecule has 1 aliphatic heterocycles. The van der Waals surface area contributed by atoms with Crippen LogP contribution >= 0.6 is 0 Å². The van der Waals surface area contributed by atoms with Gasteiger partial charge in [-0.2, -0.15) is 0 Å². The Labute approximate surface area is 101 Å². The quantitative estimate of drug-likeness (QED) is 0.790. The first-order valence-electron chi connectivity index (χ1n) is 6.02. The fourth-order valence-corrected chi connectivity index (χ4v) is 2.60. The molecule has 0 radical (unpaired) electrons. The molecule has 0 bridgehead atoms. The molecule has 0 fully saturated rings. The summed E-state index contributed by atoms with van der Waals surface area (Å²) in [5.74, 6) is 1.40. The van der Waals surface area contributed by atoms with Crippen LogP contribution in [0.4, 0.5) is 0 Å². The molecule has 0 saturated heterocycles. The van der Waals surface area contributed by atoms with Crippen LogP contribution in [0.1, 0.15) is 30.0 Å². The summed E-state index contributed by atoms with van der Waals surface area (Å²) in [7, 11) is 1.70. The Hall–Kier alpha value is -1.77. The molecule has 0 aliphatic carbocycles. The van der Waals surface area contributed by atoms with Gasteiger partial charge >= 0.3 is 0 Å². The molecule has 88 valence electrons. The maximum absolute atomic E-state index is 5.19. The summed E-state index contributed by atoms with van der Waals surface area (Å²) in [5, 5.41) is 0. The molecule has 3 rings (SSSR count). The van der Waals surface area contributed by atoms with Crippen LogP contribution in [0.2, 0.25) is 0 Å². The van der Waals surface area contributed by atoms with E-state index >= 15 is 0 Å². The number of fused-ring (bicyclic) bond motifs is 1. The number of hydrogen-bond donors (Lipinski definition) is 0. The van der Waals surface area contributed by atoms with E-state index in [4.69, 9.17) is 4.74 Å². The first kappa shape index (κ1) is 10.4. The summed E-state index contributed by atoms with van der Waals surface area (Å²) in [6, 6.07) is 8.38. The Balaban J connectivity index is 1.95. The number of benzene rings is 1. The number of aromatic nitrogens is 2. The number of imidazole rings is 1. The van der Waals surface area contributed by atoms with Gasteiger partial charge in [0.15, 0.2) is 0 Å². The van der Waals surface area contributed by atoms with Crippen LogP contribution in [-0.4, -0.2) is 16.7 Å². The van der Waals surface area contributed by atoms with Crippen molar-refractivity contribution in [3.63, 3.8) is 0 Å². The Bertz CT molecular complexity index is 501. The molecule has 17 heavy (non-hydrogen) atoms. The molecule has 3 heteroatoms. The second kappa shape index (κ2) is 4.24. The fourth-order valence-electron chi connectivity index (χ4n) is 2.60. The molecule has 1 aliphatic rings. The standard InChI is InChI=1S/C14H16N2O/c1-17-12-6-4-11(5-7-12)13-3-2-8-16-10-15-9-14(13)16/h4-7,9-10,13H,2-3,8H2,1H3. The zero-order valence-electron chi connectivity index (χ0n) is 9.97. The lowest BCUT2D eigenvalue weighted by atomic mass is 9.89. The Morgan fingerprint density at radius 3 is 2.88 bits per heavy atom. The molecule has 1 atom stereocenters. The predicted molar refractivity (Wildman–Crippen MR) is 66.3 cm³/mol. The first-order valence-corrected chi connectivity index (χ1v) is 6.02. The highest BCUT2D eigenvalue weighted by Crippen LogP contribution is 2.33. The maximum atomic E-state index is 5.19. The third kappa shape index (κ3) is 1.82. The minimum Gasteiger partial charge on any atom is -0.497 e. The zero-order chi connectivity index (χ0) is 11.7. The highest BCUT2D eigenvalue weighted by molar-refractivity contribution is 5.34. The van der Waals surface area contributed by atoms with Crippen molar-refractivity contribution in [2.75, 3.05) is 7.11 Å². The van der Waals surface area contributed by atoms with E-state index in [1.807, 2.05) is 24.7 Å². The molecule has 1 aromatic carbocycles. The lowest BCUT2D eigenvalue weighted by molar-refractivity contribution is 0.414. The molecule has 2 heterocycles. The van der Waals surface area contributed by atoms with Crippen molar-refractivity contribution < 1.29 is 4.74 Å². The Morgan fingerprint density at radius 2 is 2.12 bits per heavy atom. The molecule has 1 aromatic heterocycles. The van der Waals surface area contributed by atoms with Gasteiger partial charge in [0.2, 0.25) is 0 Å². The van der Waals surface area contributed by atoms with Crippen LogP contribution in [-0.2, 0) is 6.54 Å². The summed E-state index contributed by atoms with van der Waals surface area (Å²) < 4.78 is 7.46. The average Bonchev–Trinajstić information content (AvgIpc) is 2.87. The topological polar surface area (TPSA) is 27.1 Å². The number of nitrogens with zero attached hydrogens (tertiary/aromatic N) is 2. The normalized spacial score (nSPS) is 18.8. The van der Waals surface area contributed by atoms with Gasteiger partial charge < -0.3 is 9.30 Å². The van der Waals surface area contributed by atoms with Gasteiger partial charge in [-0.3, -0.25) is 0 Å². The van der Waals surface area contributed by atoms with Crippen LogP contribution in [0.15, 0.2) is 36.8 Å². The van der Waals surface area contributed by atoms with Gasteiger partial charge in [-0.25, -0.2) is 4.98 Å². The Kier molecular flexibility index (Phi) is 2.59. The first-order chi connectivity index (χ1) is 8.38. The van der Waals surface area contributed by atoms with Gasteiger partial charge in [-0.05, 0) is 30.5 Å². The van der Waals surface area contributed by atoms with Crippen molar-refractivity contribution in [1.82, 2.24) is 9.55 Å². The number of methoxy groups -OCH3 is 1. The molecular weight excluding hydrogens is 212 g/mol. The minimum atomic E-state index is 0.483. The predicted octanol–water partition coefficient (Wildman–Crippen LogP) is 2.82.